The number of aromatic amines is 1. The van der Waals surface area contributed by atoms with E-state index in [9.17, 15) is 4.79 Å². The quantitative estimate of drug-likeness (QED) is 0.550. The second-order valence-corrected chi connectivity index (χ2v) is 5.77. The van der Waals surface area contributed by atoms with Gasteiger partial charge in [-0.1, -0.05) is 27.6 Å². The Kier molecular flexibility index (Phi) is 3.10. The maximum Gasteiger partial charge on any atom is 0.195 e. The van der Waals surface area contributed by atoms with Crippen molar-refractivity contribution < 1.29 is 4.79 Å². The van der Waals surface area contributed by atoms with Gasteiger partial charge in [0.25, 0.3) is 0 Å². The zero-order valence-electron chi connectivity index (χ0n) is 10.9. The Balaban J connectivity index is 2.15. The number of H-pyrrole nitrogens is 1. The second-order valence-electron chi connectivity index (χ2n) is 4.85. The maximum atomic E-state index is 12.6. The van der Waals surface area contributed by atoms with Gasteiger partial charge in [-0.25, -0.2) is 0 Å². The monoisotopic (exact) mass is 328 g/mol. The first-order valence-electron chi connectivity index (χ1n) is 6.23. The normalized spacial score (nSPS) is 10.9. The first-order valence-corrected chi connectivity index (χ1v) is 7.02. The fourth-order valence-corrected chi connectivity index (χ4v) is 2.83. The third-order valence-electron chi connectivity index (χ3n) is 3.26. The van der Waals surface area contributed by atoms with Crippen LogP contribution in [0.4, 0.5) is 5.69 Å². The molecular formula is C16H13BrN2O. The molecule has 0 saturated heterocycles. The second kappa shape index (κ2) is 4.80. The van der Waals surface area contributed by atoms with Crippen LogP contribution in [0.2, 0.25) is 0 Å². The zero-order chi connectivity index (χ0) is 14.3. The Labute approximate surface area is 124 Å². The third-order valence-corrected chi connectivity index (χ3v) is 3.72. The highest BCUT2D eigenvalue weighted by atomic mass is 79.9. The van der Waals surface area contributed by atoms with E-state index in [1.807, 2.05) is 25.1 Å². The smallest absolute Gasteiger partial charge is 0.195 e. The van der Waals surface area contributed by atoms with Gasteiger partial charge < -0.3 is 10.7 Å². The van der Waals surface area contributed by atoms with Gasteiger partial charge in [-0.15, -0.1) is 0 Å². The highest BCUT2D eigenvalue weighted by Crippen LogP contribution is 2.25. The molecule has 0 saturated carbocycles. The molecular weight excluding hydrogens is 316 g/mol. The lowest BCUT2D eigenvalue weighted by Crippen LogP contribution is -2.01. The first kappa shape index (κ1) is 12.9. The van der Waals surface area contributed by atoms with E-state index in [2.05, 4.69) is 20.9 Å². The molecule has 0 spiro atoms. The van der Waals surface area contributed by atoms with Crippen molar-refractivity contribution in [1.29, 1.82) is 0 Å². The van der Waals surface area contributed by atoms with E-state index in [1.54, 1.807) is 24.4 Å². The number of fused-ring (bicyclic) bond motifs is 1. The molecule has 4 heteroatoms. The Hall–Kier alpha value is -2.07. The minimum absolute atomic E-state index is 0.0325. The first-order chi connectivity index (χ1) is 9.54. The fraction of sp³-hybridized carbons (Fsp3) is 0.0625. The van der Waals surface area contributed by atoms with Gasteiger partial charge in [0.2, 0.25) is 0 Å². The van der Waals surface area contributed by atoms with Crippen LogP contribution in [0.1, 0.15) is 21.5 Å². The van der Waals surface area contributed by atoms with Crippen molar-refractivity contribution in [2.24, 2.45) is 0 Å². The number of benzene rings is 2. The Morgan fingerprint density at radius 1 is 1.20 bits per heavy atom. The number of aryl methyl sites for hydroxylation is 1. The number of carbonyl (C=O) groups excluding carboxylic acids is 1. The minimum atomic E-state index is -0.0325. The van der Waals surface area contributed by atoms with Gasteiger partial charge in [0.1, 0.15) is 0 Å². The van der Waals surface area contributed by atoms with Crippen LogP contribution in [0.3, 0.4) is 0 Å². The zero-order valence-corrected chi connectivity index (χ0v) is 12.5. The summed E-state index contributed by atoms with van der Waals surface area (Å²) in [5.74, 6) is -0.0325. The number of hydrogen-bond acceptors (Lipinski definition) is 2. The van der Waals surface area contributed by atoms with Crippen molar-refractivity contribution in [2.75, 3.05) is 5.73 Å². The lowest BCUT2D eigenvalue weighted by molar-refractivity contribution is 0.104. The summed E-state index contributed by atoms with van der Waals surface area (Å²) in [7, 11) is 0. The average Bonchev–Trinajstić information content (AvgIpc) is 2.79. The molecule has 100 valence electrons. The average molecular weight is 329 g/mol. The molecule has 0 bridgehead atoms. The number of nitrogens with one attached hydrogen (secondary N) is 1. The van der Waals surface area contributed by atoms with Crippen molar-refractivity contribution in [3.63, 3.8) is 0 Å². The van der Waals surface area contributed by atoms with Crippen LogP contribution < -0.4 is 5.73 Å². The molecule has 2 aromatic carbocycles. The van der Waals surface area contributed by atoms with Crippen LogP contribution >= 0.6 is 15.9 Å². The molecule has 0 radical (unpaired) electrons. The fourth-order valence-electron chi connectivity index (χ4n) is 2.32. The summed E-state index contributed by atoms with van der Waals surface area (Å²) in [4.78, 5) is 15.8. The van der Waals surface area contributed by atoms with Crippen molar-refractivity contribution in [1.82, 2.24) is 4.98 Å². The van der Waals surface area contributed by atoms with Crippen LogP contribution in [0, 0.1) is 6.92 Å². The third kappa shape index (κ3) is 2.23. The summed E-state index contributed by atoms with van der Waals surface area (Å²) >= 11 is 3.37. The summed E-state index contributed by atoms with van der Waals surface area (Å²) in [6.07, 6.45) is 1.75. The van der Waals surface area contributed by atoms with Crippen molar-refractivity contribution in [3.05, 3.63) is 63.8 Å². The topological polar surface area (TPSA) is 58.9 Å². The van der Waals surface area contributed by atoms with E-state index in [0.29, 0.717) is 16.8 Å². The number of hydrogen-bond donors (Lipinski definition) is 2. The molecule has 1 aromatic heterocycles. The lowest BCUT2D eigenvalue weighted by Gasteiger charge is -2.03. The standard InChI is InChI=1S/C16H13BrN2O/c1-9-2-3-15-13(4-9)14(8-19-15)16(20)10-5-11(17)7-12(18)6-10/h2-8,19H,18H2,1H3. The number of rotatable bonds is 2. The molecule has 3 rings (SSSR count). The summed E-state index contributed by atoms with van der Waals surface area (Å²) < 4.78 is 0.803. The van der Waals surface area contributed by atoms with E-state index in [-0.39, 0.29) is 5.78 Å². The van der Waals surface area contributed by atoms with E-state index in [4.69, 9.17) is 5.73 Å². The molecule has 3 aromatic rings. The number of nitrogens with two attached hydrogens (primary N) is 1. The molecule has 0 aliphatic carbocycles. The SMILES string of the molecule is Cc1ccc2[nH]cc(C(=O)c3cc(N)cc(Br)c3)c2c1. The predicted molar refractivity (Wildman–Crippen MR) is 85.0 cm³/mol. The van der Waals surface area contributed by atoms with Crippen LogP contribution in [0.15, 0.2) is 47.1 Å². The highest BCUT2D eigenvalue weighted by molar-refractivity contribution is 9.10. The highest BCUT2D eigenvalue weighted by Gasteiger charge is 2.15. The number of nitrogen functional groups attached to an aromatic ring is 1. The van der Waals surface area contributed by atoms with Gasteiger partial charge in [-0.2, -0.15) is 0 Å². The summed E-state index contributed by atoms with van der Waals surface area (Å²) in [6, 6.07) is 11.3. The van der Waals surface area contributed by atoms with Gasteiger partial charge in [-0.3, -0.25) is 4.79 Å². The van der Waals surface area contributed by atoms with Crippen LogP contribution in [0.25, 0.3) is 10.9 Å². The van der Waals surface area contributed by atoms with E-state index < -0.39 is 0 Å². The molecule has 0 aliphatic rings. The molecule has 3 nitrogen and oxygen atoms in total. The molecule has 1 heterocycles. The van der Waals surface area contributed by atoms with Crippen molar-refractivity contribution in [3.8, 4) is 0 Å². The molecule has 0 unspecified atom stereocenters. The summed E-state index contributed by atoms with van der Waals surface area (Å²) in [5, 5.41) is 0.938. The van der Waals surface area contributed by atoms with E-state index in [0.717, 1.165) is 20.9 Å². The lowest BCUT2D eigenvalue weighted by atomic mass is 10.0. The van der Waals surface area contributed by atoms with Crippen LogP contribution in [0.5, 0.6) is 0 Å². The Morgan fingerprint density at radius 3 is 2.75 bits per heavy atom. The summed E-state index contributed by atoms with van der Waals surface area (Å²) in [6.45, 7) is 2.01. The molecule has 3 N–H and O–H groups in total. The molecule has 0 atom stereocenters. The number of ketones is 1. The molecule has 0 fully saturated rings. The predicted octanol–water partition coefficient (Wildman–Crippen LogP) is 4.05. The van der Waals surface area contributed by atoms with Crippen LogP contribution in [-0.4, -0.2) is 10.8 Å². The summed E-state index contributed by atoms with van der Waals surface area (Å²) in [5.41, 5.74) is 9.70. The Morgan fingerprint density at radius 2 is 2.00 bits per heavy atom. The number of anilines is 1. The van der Waals surface area contributed by atoms with E-state index >= 15 is 0 Å². The Bertz CT molecular complexity index is 800. The molecule has 0 amide bonds. The van der Waals surface area contributed by atoms with Gasteiger partial charge in [-0.05, 0) is 37.3 Å². The largest absolute Gasteiger partial charge is 0.399 e. The van der Waals surface area contributed by atoms with Gasteiger partial charge >= 0.3 is 0 Å². The minimum Gasteiger partial charge on any atom is -0.399 e. The van der Waals surface area contributed by atoms with Gasteiger partial charge in [0.05, 0.1) is 0 Å². The van der Waals surface area contributed by atoms with Crippen molar-refractivity contribution in [2.45, 2.75) is 6.92 Å². The van der Waals surface area contributed by atoms with Gasteiger partial charge in [0.15, 0.2) is 5.78 Å². The number of aromatic nitrogens is 1. The maximum absolute atomic E-state index is 12.6. The molecule has 0 aliphatic heterocycles. The molecule has 20 heavy (non-hydrogen) atoms. The van der Waals surface area contributed by atoms with Crippen molar-refractivity contribution >= 4 is 38.3 Å². The number of halogens is 1. The van der Waals surface area contributed by atoms with Gasteiger partial charge in [0, 0.05) is 38.4 Å². The van der Waals surface area contributed by atoms with Crippen LogP contribution in [-0.2, 0) is 0 Å². The van der Waals surface area contributed by atoms with E-state index in [1.165, 1.54) is 0 Å². The number of carbonyl (C=O) groups is 1.